The van der Waals surface area contributed by atoms with Gasteiger partial charge >= 0.3 is 0 Å². The van der Waals surface area contributed by atoms with Gasteiger partial charge in [0, 0.05) is 19.1 Å². The molecule has 1 fully saturated rings. The minimum absolute atomic E-state index is 0.296. The maximum atomic E-state index is 11.5. The first-order chi connectivity index (χ1) is 5.48. The standard InChI is InChI=1S/C7H16N2O2S/c1-6(2)12(10,11)9-4-7(5-9)8-3/h6-8H,4-5H2,1-3H3. The summed E-state index contributed by atoms with van der Waals surface area (Å²) in [7, 11) is -1.14. The van der Waals surface area contributed by atoms with Crippen molar-refractivity contribution in [1.82, 2.24) is 9.62 Å². The van der Waals surface area contributed by atoms with Crippen molar-refractivity contribution in [2.24, 2.45) is 0 Å². The SMILES string of the molecule is CNC1CN(S(=O)(=O)C(C)C)C1. The molecule has 12 heavy (non-hydrogen) atoms. The molecule has 1 rings (SSSR count). The van der Waals surface area contributed by atoms with E-state index in [1.54, 1.807) is 13.8 Å². The molecule has 0 saturated carbocycles. The van der Waals surface area contributed by atoms with Gasteiger partial charge in [0.15, 0.2) is 0 Å². The Bertz CT molecular complexity index is 242. The molecule has 0 spiro atoms. The lowest BCUT2D eigenvalue weighted by Crippen LogP contribution is -2.60. The molecule has 0 aromatic carbocycles. The molecule has 0 aromatic rings. The van der Waals surface area contributed by atoms with Crippen LogP contribution in [0.1, 0.15) is 13.8 Å². The topological polar surface area (TPSA) is 49.4 Å². The number of hydrogen-bond acceptors (Lipinski definition) is 3. The molecule has 0 aliphatic carbocycles. The van der Waals surface area contributed by atoms with Crippen molar-refractivity contribution >= 4 is 10.0 Å². The predicted molar refractivity (Wildman–Crippen MR) is 48.5 cm³/mol. The predicted octanol–water partition coefficient (Wildman–Crippen LogP) is -0.372. The number of rotatable bonds is 3. The summed E-state index contributed by atoms with van der Waals surface area (Å²) < 4.78 is 24.5. The number of likely N-dealkylation sites (N-methyl/N-ethyl adjacent to an activating group) is 1. The van der Waals surface area contributed by atoms with E-state index in [0.29, 0.717) is 19.1 Å². The summed E-state index contributed by atoms with van der Waals surface area (Å²) in [6.07, 6.45) is 0. The Morgan fingerprint density at radius 1 is 1.42 bits per heavy atom. The van der Waals surface area contributed by atoms with Gasteiger partial charge in [0.25, 0.3) is 0 Å². The van der Waals surface area contributed by atoms with Crippen molar-refractivity contribution in [2.75, 3.05) is 20.1 Å². The number of nitrogens with zero attached hydrogens (tertiary/aromatic N) is 1. The molecule has 0 radical (unpaired) electrons. The Balaban J connectivity index is 2.53. The van der Waals surface area contributed by atoms with Crippen LogP contribution in [-0.4, -0.2) is 44.2 Å². The highest BCUT2D eigenvalue weighted by Gasteiger charge is 2.36. The third kappa shape index (κ3) is 1.62. The van der Waals surface area contributed by atoms with Gasteiger partial charge in [0.2, 0.25) is 10.0 Å². The Morgan fingerprint density at radius 2 is 1.92 bits per heavy atom. The molecule has 1 aliphatic heterocycles. The van der Waals surface area contributed by atoms with Crippen LogP contribution in [0.5, 0.6) is 0 Å². The molecule has 0 bridgehead atoms. The molecule has 0 aromatic heterocycles. The van der Waals surface area contributed by atoms with E-state index in [1.165, 1.54) is 4.31 Å². The van der Waals surface area contributed by atoms with Gasteiger partial charge in [-0.1, -0.05) is 0 Å². The summed E-state index contributed by atoms with van der Waals surface area (Å²) in [5.41, 5.74) is 0. The fourth-order valence-corrected chi connectivity index (χ4v) is 2.50. The molecular weight excluding hydrogens is 176 g/mol. The maximum absolute atomic E-state index is 11.5. The Kier molecular flexibility index (Phi) is 2.75. The summed E-state index contributed by atoms with van der Waals surface area (Å²) >= 11 is 0. The molecule has 4 nitrogen and oxygen atoms in total. The average molecular weight is 192 g/mol. The van der Waals surface area contributed by atoms with E-state index >= 15 is 0 Å². The van der Waals surface area contributed by atoms with E-state index in [4.69, 9.17) is 0 Å². The van der Waals surface area contributed by atoms with Crippen LogP contribution in [0.25, 0.3) is 0 Å². The minimum atomic E-state index is -2.99. The normalized spacial score (nSPS) is 21.3. The van der Waals surface area contributed by atoms with Gasteiger partial charge in [-0.2, -0.15) is 4.31 Å². The van der Waals surface area contributed by atoms with E-state index in [1.807, 2.05) is 7.05 Å². The summed E-state index contributed by atoms with van der Waals surface area (Å²) in [6, 6.07) is 0.346. The average Bonchev–Trinajstić information content (AvgIpc) is 1.84. The fraction of sp³-hybridized carbons (Fsp3) is 1.00. The Hall–Kier alpha value is -0.130. The van der Waals surface area contributed by atoms with Crippen LogP contribution in [0.4, 0.5) is 0 Å². The van der Waals surface area contributed by atoms with E-state index in [2.05, 4.69) is 5.32 Å². The molecular formula is C7H16N2O2S. The minimum Gasteiger partial charge on any atom is -0.314 e. The van der Waals surface area contributed by atoms with Crippen LogP contribution < -0.4 is 5.32 Å². The zero-order chi connectivity index (χ0) is 9.35. The third-order valence-electron chi connectivity index (χ3n) is 2.21. The molecule has 0 atom stereocenters. The van der Waals surface area contributed by atoms with Crippen LogP contribution in [0.15, 0.2) is 0 Å². The van der Waals surface area contributed by atoms with Crippen molar-refractivity contribution in [3.63, 3.8) is 0 Å². The van der Waals surface area contributed by atoms with E-state index in [-0.39, 0.29) is 5.25 Å². The van der Waals surface area contributed by atoms with Crippen LogP contribution in [0.3, 0.4) is 0 Å². The van der Waals surface area contributed by atoms with Gasteiger partial charge < -0.3 is 5.32 Å². The Morgan fingerprint density at radius 3 is 2.25 bits per heavy atom. The highest BCUT2D eigenvalue weighted by molar-refractivity contribution is 7.89. The number of sulfonamides is 1. The van der Waals surface area contributed by atoms with Gasteiger partial charge in [-0.05, 0) is 20.9 Å². The van der Waals surface area contributed by atoms with Gasteiger partial charge in [-0.3, -0.25) is 0 Å². The zero-order valence-electron chi connectivity index (χ0n) is 7.74. The quantitative estimate of drug-likeness (QED) is 0.663. The molecule has 1 heterocycles. The van der Waals surface area contributed by atoms with Gasteiger partial charge in [0.1, 0.15) is 0 Å². The van der Waals surface area contributed by atoms with Gasteiger partial charge in [-0.15, -0.1) is 0 Å². The lowest BCUT2D eigenvalue weighted by molar-refractivity contribution is 0.235. The first-order valence-corrected chi connectivity index (χ1v) is 5.65. The lowest BCUT2D eigenvalue weighted by atomic mass is 10.2. The molecule has 1 saturated heterocycles. The second kappa shape index (κ2) is 3.32. The summed E-state index contributed by atoms with van der Waals surface area (Å²) in [5.74, 6) is 0. The zero-order valence-corrected chi connectivity index (χ0v) is 8.56. The smallest absolute Gasteiger partial charge is 0.216 e. The van der Waals surface area contributed by atoms with Crippen molar-refractivity contribution < 1.29 is 8.42 Å². The van der Waals surface area contributed by atoms with Crippen LogP contribution in [0, 0.1) is 0 Å². The maximum Gasteiger partial charge on any atom is 0.216 e. The molecule has 1 aliphatic rings. The second-order valence-corrected chi connectivity index (χ2v) is 5.89. The summed E-state index contributed by atoms with van der Waals surface area (Å²) in [6.45, 7) is 4.66. The van der Waals surface area contributed by atoms with E-state index in [9.17, 15) is 8.42 Å². The van der Waals surface area contributed by atoms with Crippen LogP contribution >= 0.6 is 0 Å². The lowest BCUT2D eigenvalue weighted by Gasteiger charge is -2.38. The third-order valence-corrected chi connectivity index (χ3v) is 4.42. The van der Waals surface area contributed by atoms with Crippen LogP contribution in [0.2, 0.25) is 0 Å². The monoisotopic (exact) mass is 192 g/mol. The molecule has 72 valence electrons. The molecule has 0 unspecified atom stereocenters. The first kappa shape index (κ1) is 9.95. The summed E-state index contributed by atoms with van der Waals surface area (Å²) in [4.78, 5) is 0. The second-order valence-electron chi connectivity index (χ2n) is 3.40. The molecule has 1 N–H and O–H groups in total. The van der Waals surface area contributed by atoms with Crippen molar-refractivity contribution in [1.29, 1.82) is 0 Å². The highest BCUT2D eigenvalue weighted by Crippen LogP contribution is 2.16. The van der Waals surface area contributed by atoms with Gasteiger partial charge in [-0.25, -0.2) is 8.42 Å². The van der Waals surface area contributed by atoms with Crippen LogP contribution in [-0.2, 0) is 10.0 Å². The molecule has 0 amide bonds. The highest BCUT2D eigenvalue weighted by atomic mass is 32.2. The van der Waals surface area contributed by atoms with Crippen molar-refractivity contribution in [3.8, 4) is 0 Å². The van der Waals surface area contributed by atoms with Crippen molar-refractivity contribution in [3.05, 3.63) is 0 Å². The van der Waals surface area contributed by atoms with Crippen molar-refractivity contribution in [2.45, 2.75) is 25.1 Å². The fourth-order valence-electron chi connectivity index (χ4n) is 1.13. The molecule has 5 heteroatoms. The van der Waals surface area contributed by atoms with E-state index < -0.39 is 10.0 Å². The van der Waals surface area contributed by atoms with E-state index in [0.717, 1.165) is 0 Å². The van der Waals surface area contributed by atoms with Gasteiger partial charge in [0.05, 0.1) is 5.25 Å². The summed E-state index contributed by atoms with van der Waals surface area (Å²) in [5, 5.41) is 2.74. The first-order valence-electron chi connectivity index (χ1n) is 4.14. The largest absolute Gasteiger partial charge is 0.314 e. The number of nitrogens with one attached hydrogen (secondary N) is 1. The number of hydrogen-bond donors (Lipinski definition) is 1. The Labute approximate surface area is 74.0 Å².